The summed E-state index contributed by atoms with van der Waals surface area (Å²) in [5, 5.41) is 11.6. The predicted molar refractivity (Wildman–Crippen MR) is 192 cm³/mol. The lowest BCUT2D eigenvalue weighted by Crippen LogP contribution is -2.58. The zero-order valence-electron chi connectivity index (χ0n) is 30.6. The Hall–Kier alpha value is -2.49. The Morgan fingerprint density at radius 3 is 2.20 bits per heavy atom. The number of carbonyl (C=O) groups excluding carboxylic acids is 4. The van der Waals surface area contributed by atoms with Crippen LogP contribution in [-0.2, 0) is 23.9 Å². The molecule has 8 rings (SSSR count). The van der Waals surface area contributed by atoms with Gasteiger partial charge in [0.1, 0.15) is 5.60 Å². The molecule has 0 amide bonds. The number of carbonyl (C=O) groups is 4. The molecule has 0 aromatic rings. The van der Waals surface area contributed by atoms with E-state index < -0.39 is 11.2 Å². The molecule has 0 bridgehead atoms. The Bertz CT molecular complexity index is 1650. The number of hydrogen-bond donors (Lipinski definition) is 1. The summed E-state index contributed by atoms with van der Waals surface area (Å²) in [7, 11) is 0. The van der Waals surface area contributed by atoms with Crippen LogP contribution < -0.4 is 0 Å². The molecule has 0 aromatic carbocycles. The molecule has 6 nitrogen and oxygen atoms in total. The maximum atomic E-state index is 12.7. The van der Waals surface area contributed by atoms with E-state index in [2.05, 4.69) is 32.8 Å². The third-order valence-corrected chi connectivity index (χ3v) is 16.6. The minimum Gasteiger partial charge on any atom is -0.451 e. The third kappa shape index (κ3) is 5.06. The van der Waals surface area contributed by atoms with Gasteiger partial charge in [-0.05, 0) is 149 Å². The average molecular weight is 703 g/mol. The number of ketones is 3. The van der Waals surface area contributed by atoms with Crippen molar-refractivity contribution in [1.82, 2.24) is 0 Å². The lowest BCUT2D eigenvalue weighted by Gasteiger charge is -2.57. The fourth-order valence-corrected chi connectivity index (χ4v) is 14.0. The summed E-state index contributed by atoms with van der Waals surface area (Å²) < 4.78 is 5.79. The van der Waals surface area contributed by atoms with E-state index >= 15 is 0 Å². The van der Waals surface area contributed by atoms with Gasteiger partial charge in [-0.2, -0.15) is 0 Å². The van der Waals surface area contributed by atoms with E-state index in [0.29, 0.717) is 53.2 Å². The molecule has 0 saturated heterocycles. The largest absolute Gasteiger partial charge is 0.451 e. The smallest absolute Gasteiger partial charge is 0.303 e. The van der Waals surface area contributed by atoms with Crippen LogP contribution in [0.2, 0.25) is 0 Å². The quantitative estimate of drug-likeness (QED) is 0.230. The first-order valence-corrected chi connectivity index (χ1v) is 19.7. The minimum absolute atomic E-state index is 0.0490. The summed E-state index contributed by atoms with van der Waals surface area (Å²) in [5.74, 6) is 6.24. The highest BCUT2D eigenvalue weighted by Crippen LogP contribution is 2.68. The number of allylic oxidation sites excluding steroid dienone is 5. The van der Waals surface area contributed by atoms with E-state index in [1.165, 1.54) is 18.9 Å². The number of halogens is 1. The molecule has 270 valence electrons. The van der Waals surface area contributed by atoms with Gasteiger partial charge in [0.25, 0.3) is 0 Å². The Balaban J connectivity index is 0.000000161. The van der Waals surface area contributed by atoms with E-state index in [-0.39, 0.29) is 45.6 Å². The summed E-state index contributed by atoms with van der Waals surface area (Å²) in [5.41, 5.74) is -0.113. The highest BCUT2D eigenvalue weighted by Gasteiger charge is 2.68. The fourth-order valence-electron chi connectivity index (χ4n) is 13.6. The lowest BCUT2D eigenvalue weighted by atomic mass is 9.48. The highest BCUT2D eigenvalue weighted by atomic mass is 35.5. The highest BCUT2D eigenvalue weighted by molar-refractivity contribution is 6.32. The summed E-state index contributed by atoms with van der Waals surface area (Å²) in [6, 6.07) is 0. The van der Waals surface area contributed by atoms with E-state index in [1.807, 2.05) is 6.08 Å². The molecule has 5 saturated carbocycles. The van der Waals surface area contributed by atoms with Crippen LogP contribution in [0.25, 0.3) is 0 Å². The normalized spacial score (nSPS) is 47.2. The van der Waals surface area contributed by atoms with Gasteiger partial charge < -0.3 is 9.84 Å². The second-order valence-electron chi connectivity index (χ2n) is 18.0. The van der Waals surface area contributed by atoms with Gasteiger partial charge in [-0.1, -0.05) is 49.9 Å². The number of hydrogen-bond acceptors (Lipinski definition) is 6. The van der Waals surface area contributed by atoms with Gasteiger partial charge in [-0.25, -0.2) is 0 Å². The first kappa shape index (κ1) is 35.9. The van der Waals surface area contributed by atoms with E-state index in [4.69, 9.17) is 22.8 Å². The van der Waals surface area contributed by atoms with E-state index in [0.717, 1.165) is 76.2 Å². The Morgan fingerprint density at radius 2 is 1.50 bits per heavy atom. The standard InChI is InChI=1S/C23H29ClO4.C20H26O2/c1-13(25)23(28-14(2)26)10-7-18-16-12-20(24)19-11-15(27)5-8-21(19,3)17(16)6-9-22(18,23)4;1-3-20(22)11-9-18-17-6-4-13-12-14(21)5-7-15(13)16(17)8-10-19(18,20)2/h11-12,16-18H,5-10H2,1-4H3;1,12,15-18,22H,4-11H2,2H3/t16-,17+,18+,21-,22+,23+;15-,16+,17+,18-,19-,20-/m10/s1. The lowest BCUT2D eigenvalue weighted by molar-refractivity contribution is -0.185. The van der Waals surface area contributed by atoms with Crippen molar-refractivity contribution >= 4 is 34.9 Å². The van der Waals surface area contributed by atoms with Crippen LogP contribution >= 0.6 is 11.6 Å². The number of aliphatic hydroxyl groups is 1. The van der Waals surface area contributed by atoms with Crippen LogP contribution in [0.15, 0.2) is 34.4 Å². The van der Waals surface area contributed by atoms with Gasteiger partial charge >= 0.3 is 5.97 Å². The van der Waals surface area contributed by atoms with Gasteiger partial charge in [0.15, 0.2) is 23.0 Å². The molecule has 0 aromatic heterocycles. The van der Waals surface area contributed by atoms with E-state index in [1.54, 1.807) is 13.0 Å². The third-order valence-electron chi connectivity index (χ3n) is 16.3. The molecule has 7 heteroatoms. The monoisotopic (exact) mass is 702 g/mol. The van der Waals surface area contributed by atoms with Crippen molar-refractivity contribution in [2.24, 2.45) is 57.7 Å². The molecule has 0 aliphatic heterocycles. The molecule has 50 heavy (non-hydrogen) atoms. The summed E-state index contributed by atoms with van der Waals surface area (Å²) in [6.45, 7) is 9.56. The van der Waals surface area contributed by atoms with Crippen molar-refractivity contribution < 1.29 is 29.0 Å². The molecule has 12 atom stereocenters. The van der Waals surface area contributed by atoms with Gasteiger partial charge in [0.05, 0.1) is 0 Å². The van der Waals surface area contributed by atoms with Crippen LogP contribution in [0, 0.1) is 70.0 Å². The average Bonchev–Trinajstić information content (AvgIpc) is 3.52. The van der Waals surface area contributed by atoms with Crippen LogP contribution in [0.1, 0.15) is 125 Å². The van der Waals surface area contributed by atoms with Crippen LogP contribution in [0.4, 0.5) is 0 Å². The van der Waals surface area contributed by atoms with Crippen molar-refractivity contribution in [3.8, 4) is 12.3 Å². The molecule has 0 radical (unpaired) electrons. The summed E-state index contributed by atoms with van der Waals surface area (Å²) >= 11 is 6.71. The predicted octanol–water partition coefficient (Wildman–Crippen LogP) is 8.24. The molecular formula is C43H55ClO6. The summed E-state index contributed by atoms with van der Waals surface area (Å²) in [4.78, 5) is 48.4. The molecular weight excluding hydrogens is 648 g/mol. The number of ether oxygens (including phenoxy) is 1. The molecule has 5 fully saturated rings. The topological polar surface area (TPSA) is 97.7 Å². The number of rotatable bonds is 2. The van der Waals surface area contributed by atoms with Crippen molar-refractivity contribution in [2.75, 3.05) is 0 Å². The number of terminal acetylenes is 1. The van der Waals surface area contributed by atoms with Crippen LogP contribution in [0.5, 0.6) is 0 Å². The number of Topliss-reactive ketones (excluding diaryl/α,β-unsaturated/α-hetero) is 1. The van der Waals surface area contributed by atoms with Crippen molar-refractivity contribution in [1.29, 1.82) is 0 Å². The summed E-state index contributed by atoms with van der Waals surface area (Å²) in [6.07, 6.45) is 24.2. The number of esters is 1. The van der Waals surface area contributed by atoms with Gasteiger partial charge in [0.2, 0.25) is 0 Å². The number of fused-ring (bicyclic) bond motifs is 10. The van der Waals surface area contributed by atoms with Crippen LogP contribution in [-0.4, -0.2) is 39.6 Å². The second kappa shape index (κ2) is 12.3. The zero-order chi connectivity index (χ0) is 36.0. The molecule has 8 aliphatic carbocycles. The fraction of sp³-hybridized carbons (Fsp3) is 0.721. The molecule has 0 spiro atoms. The van der Waals surface area contributed by atoms with Gasteiger partial charge in [-0.15, -0.1) is 6.42 Å². The first-order chi connectivity index (χ1) is 23.5. The first-order valence-electron chi connectivity index (χ1n) is 19.3. The molecule has 1 N–H and O–H groups in total. The van der Waals surface area contributed by atoms with Gasteiger partial charge in [0, 0.05) is 35.6 Å². The van der Waals surface area contributed by atoms with Crippen LogP contribution in [0.3, 0.4) is 0 Å². The maximum Gasteiger partial charge on any atom is 0.303 e. The maximum absolute atomic E-state index is 12.7. The zero-order valence-corrected chi connectivity index (χ0v) is 31.4. The second-order valence-corrected chi connectivity index (χ2v) is 18.4. The van der Waals surface area contributed by atoms with Crippen molar-refractivity contribution in [3.05, 3.63) is 34.4 Å². The molecule has 8 aliphatic rings. The Labute approximate surface area is 303 Å². The van der Waals surface area contributed by atoms with E-state index in [9.17, 15) is 24.3 Å². The Morgan fingerprint density at radius 1 is 0.820 bits per heavy atom. The molecule has 0 unspecified atom stereocenters. The SMILES string of the molecule is C#C[C@]1(O)CC[C@H]2[C@@H]3CCC4=CC(=O)CC[C@@H]4[C@H]3CC[C@@]21C.CC(=O)O[C@]1(C(C)=O)CC[C@H]2[C@@H]3C=C(Cl)C4=CC(=O)CC[C@]4(C)[C@H]3CC[C@@]21C. The van der Waals surface area contributed by atoms with Crippen molar-refractivity contribution in [2.45, 2.75) is 136 Å². The minimum atomic E-state index is -1.03. The van der Waals surface area contributed by atoms with Crippen molar-refractivity contribution in [3.63, 3.8) is 0 Å². The van der Waals surface area contributed by atoms with Gasteiger partial charge in [-0.3, -0.25) is 19.2 Å². The molecule has 0 heterocycles. The Kier molecular flexibility index (Phi) is 8.83.